The van der Waals surface area contributed by atoms with Gasteiger partial charge in [0.2, 0.25) is 5.91 Å². The van der Waals surface area contributed by atoms with E-state index < -0.39 is 5.60 Å². The summed E-state index contributed by atoms with van der Waals surface area (Å²) in [5.74, 6) is 0.902. The van der Waals surface area contributed by atoms with E-state index in [0.717, 1.165) is 62.1 Å². The van der Waals surface area contributed by atoms with Crippen molar-refractivity contribution >= 4 is 17.5 Å². The Bertz CT molecular complexity index is 1430. The molecular formula is C34H44N6O3. The highest BCUT2D eigenvalue weighted by atomic mass is 16.5. The molecule has 9 heteroatoms. The number of aromatic nitrogens is 2. The third-order valence-electron chi connectivity index (χ3n) is 9.03. The van der Waals surface area contributed by atoms with Crippen LogP contribution >= 0.6 is 0 Å². The van der Waals surface area contributed by atoms with Crippen LogP contribution in [0, 0.1) is 12.8 Å². The quantitative estimate of drug-likeness (QED) is 0.388. The first-order valence-corrected chi connectivity index (χ1v) is 15.7. The second kappa shape index (κ2) is 12.4. The number of carbonyl (C=O) groups excluding carboxylic acids is 2. The molecule has 2 aromatic carbocycles. The Hall–Kier alpha value is -3.85. The van der Waals surface area contributed by atoms with Crippen LogP contribution in [0.4, 0.5) is 5.69 Å². The number of piperazine rings is 1. The Kier molecular flexibility index (Phi) is 8.43. The molecule has 1 unspecified atom stereocenters. The molecule has 0 spiro atoms. The zero-order valence-electron chi connectivity index (χ0n) is 25.6. The number of anilines is 1. The largest absolute Gasteiger partial charge is 0.478 e. The number of hydrogen-bond donors (Lipinski definition) is 2. The lowest BCUT2D eigenvalue weighted by atomic mass is 9.95. The molecule has 6 rings (SSSR count). The second-order valence-corrected chi connectivity index (χ2v) is 12.8. The van der Waals surface area contributed by atoms with Gasteiger partial charge in [-0.25, -0.2) is 0 Å². The lowest BCUT2D eigenvalue weighted by molar-refractivity contribution is -0.146. The van der Waals surface area contributed by atoms with Crippen LogP contribution in [0.5, 0.6) is 5.75 Å². The summed E-state index contributed by atoms with van der Waals surface area (Å²) in [6.07, 6.45) is 7.76. The molecule has 228 valence electrons. The van der Waals surface area contributed by atoms with E-state index in [-0.39, 0.29) is 17.7 Å². The number of aromatic amines is 1. The first kappa shape index (κ1) is 29.2. The number of amides is 2. The van der Waals surface area contributed by atoms with Crippen molar-refractivity contribution in [3.63, 3.8) is 0 Å². The summed E-state index contributed by atoms with van der Waals surface area (Å²) in [5, 5.41) is 10.2. The third-order valence-corrected chi connectivity index (χ3v) is 9.03. The summed E-state index contributed by atoms with van der Waals surface area (Å²) in [6, 6.07) is 14.8. The summed E-state index contributed by atoms with van der Waals surface area (Å²) < 4.78 is 6.29. The average molecular weight is 585 g/mol. The molecule has 3 aromatic rings. The van der Waals surface area contributed by atoms with Gasteiger partial charge in [0, 0.05) is 75.4 Å². The highest BCUT2D eigenvalue weighted by Gasteiger charge is 2.38. The molecule has 2 aliphatic heterocycles. The fraction of sp³-hybridized carbons (Fsp3) is 0.500. The van der Waals surface area contributed by atoms with E-state index in [2.05, 4.69) is 56.5 Å². The molecule has 1 aromatic heterocycles. The van der Waals surface area contributed by atoms with Crippen LogP contribution in [0.15, 0.2) is 54.9 Å². The average Bonchev–Trinajstić information content (AvgIpc) is 3.72. The molecule has 2 N–H and O–H groups in total. The van der Waals surface area contributed by atoms with E-state index in [1.165, 1.54) is 11.1 Å². The summed E-state index contributed by atoms with van der Waals surface area (Å²) in [5.41, 5.74) is 4.65. The molecule has 2 amide bonds. The van der Waals surface area contributed by atoms with Gasteiger partial charge >= 0.3 is 0 Å². The van der Waals surface area contributed by atoms with Crippen molar-refractivity contribution in [3.8, 4) is 16.9 Å². The van der Waals surface area contributed by atoms with E-state index in [4.69, 9.17) is 4.74 Å². The molecule has 0 bridgehead atoms. The predicted octanol–water partition coefficient (Wildman–Crippen LogP) is 4.38. The van der Waals surface area contributed by atoms with Gasteiger partial charge in [-0.2, -0.15) is 5.10 Å². The van der Waals surface area contributed by atoms with Gasteiger partial charge in [-0.15, -0.1) is 0 Å². The van der Waals surface area contributed by atoms with Crippen LogP contribution in [0.2, 0.25) is 0 Å². The number of carbonyl (C=O) groups is 2. The van der Waals surface area contributed by atoms with Crippen molar-refractivity contribution in [2.24, 2.45) is 5.92 Å². The minimum atomic E-state index is -0.962. The minimum absolute atomic E-state index is 0.00885. The van der Waals surface area contributed by atoms with E-state index >= 15 is 0 Å². The first-order chi connectivity index (χ1) is 20.8. The van der Waals surface area contributed by atoms with Crippen molar-refractivity contribution in [1.29, 1.82) is 0 Å². The fourth-order valence-corrected chi connectivity index (χ4v) is 6.40. The van der Waals surface area contributed by atoms with Crippen molar-refractivity contribution in [3.05, 3.63) is 66.0 Å². The van der Waals surface area contributed by atoms with Gasteiger partial charge < -0.3 is 24.8 Å². The number of ether oxygens (including phenoxy) is 1. The monoisotopic (exact) mass is 584 g/mol. The first-order valence-electron chi connectivity index (χ1n) is 15.7. The summed E-state index contributed by atoms with van der Waals surface area (Å²) in [7, 11) is 0. The number of nitrogens with one attached hydrogen (secondary N) is 2. The lowest BCUT2D eigenvalue weighted by Crippen LogP contribution is -2.54. The Morgan fingerprint density at radius 3 is 2.58 bits per heavy atom. The van der Waals surface area contributed by atoms with Gasteiger partial charge in [-0.1, -0.05) is 24.3 Å². The van der Waals surface area contributed by atoms with Crippen LogP contribution in [-0.2, 0) is 16.1 Å². The van der Waals surface area contributed by atoms with E-state index in [9.17, 15) is 9.59 Å². The van der Waals surface area contributed by atoms with Gasteiger partial charge in [-0.05, 0) is 75.3 Å². The van der Waals surface area contributed by atoms with Gasteiger partial charge in [-0.3, -0.25) is 14.7 Å². The number of aryl methyl sites for hydroxylation is 1. The molecule has 3 fully saturated rings. The standard InChI is InChI=1S/C34H44N6O3/c1-24-18-25(28-20-36-37-21-28)9-10-26(24)23-40(29-11-12-29)32(41)27-6-5-15-39(22-27)30-7-4-8-31(19-30)43-34(2,3)33(42)38-16-13-35-14-17-38/h4,7-10,18-21,27,29,35H,5-6,11-17,22-23H2,1-3H3,(H,36,37). The number of rotatable bonds is 9. The van der Waals surface area contributed by atoms with Crippen molar-refractivity contribution in [2.45, 2.75) is 64.6 Å². The molecule has 3 heterocycles. The lowest BCUT2D eigenvalue weighted by Gasteiger charge is -2.37. The molecular weight excluding hydrogens is 540 g/mol. The van der Waals surface area contributed by atoms with Crippen LogP contribution in [0.25, 0.3) is 11.1 Å². The minimum Gasteiger partial charge on any atom is -0.478 e. The molecule has 0 radical (unpaired) electrons. The number of piperidine rings is 1. The second-order valence-electron chi connectivity index (χ2n) is 12.8. The van der Waals surface area contributed by atoms with Crippen LogP contribution in [-0.4, -0.2) is 82.7 Å². The molecule has 43 heavy (non-hydrogen) atoms. The maximum Gasteiger partial charge on any atom is 0.266 e. The molecule has 2 saturated heterocycles. The summed E-state index contributed by atoms with van der Waals surface area (Å²) in [6.45, 7) is 11.1. The molecule has 3 aliphatic rings. The normalized spacial score (nSPS) is 19.3. The maximum absolute atomic E-state index is 14.0. The topological polar surface area (TPSA) is 93.8 Å². The molecule has 1 saturated carbocycles. The number of hydrogen-bond acceptors (Lipinski definition) is 6. The maximum atomic E-state index is 14.0. The van der Waals surface area contributed by atoms with Crippen LogP contribution in [0.1, 0.15) is 50.7 Å². The summed E-state index contributed by atoms with van der Waals surface area (Å²) >= 11 is 0. The van der Waals surface area contributed by atoms with E-state index in [1.54, 1.807) is 0 Å². The van der Waals surface area contributed by atoms with Crippen molar-refractivity contribution < 1.29 is 14.3 Å². The third kappa shape index (κ3) is 6.72. The zero-order chi connectivity index (χ0) is 30.0. The van der Waals surface area contributed by atoms with E-state index in [0.29, 0.717) is 38.0 Å². The fourth-order valence-electron chi connectivity index (χ4n) is 6.40. The van der Waals surface area contributed by atoms with Crippen LogP contribution in [0.3, 0.4) is 0 Å². The Morgan fingerprint density at radius 2 is 1.86 bits per heavy atom. The van der Waals surface area contributed by atoms with Gasteiger partial charge in [0.1, 0.15) is 5.75 Å². The van der Waals surface area contributed by atoms with Crippen molar-refractivity contribution in [1.82, 2.24) is 25.3 Å². The number of nitrogens with zero attached hydrogens (tertiary/aromatic N) is 4. The van der Waals surface area contributed by atoms with Crippen LogP contribution < -0.4 is 15.0 Å². The van der Waals surface area contributed by atoms with Crippen molar-refractivity contribution in [2.75, 3.05) is 44.2 Å². The highest BCUT2D eigenvalue weighted by Crippen LogP contribution is 2.34. The van der Waals surface area contributed by atoms with Gasteiger partial charge in [0.25, 0.3) is 5.91 Å². The van der Waals surface area contributed by atoms with E-state index in [1.807, 2.05) is 49.3 Å². The molecule has 1 aliphatic carbocycles. The highest BCUT2D eigenvalue weighted by molar-refractivity contribution is 5.85. The predicted molar refractivity (Wildman–Crippen MR) is 168 cm³/mol. The number of benzene rings is 2. The van der Waals surface area contributed by atoms with Gasteiger partial charge in [0.15, 0.2) is 5.60 Å². The molecule has 9 nitrogen and oxygen atoms in total. The Balaban J connectivity index is 1.12. The Labute approximate surface area is 254 Å². The molecule has 1 atom stereocenters. The van der Waals surface area contributed by atoms with Gasteiger partial charge in [0.05, 0.1) is 12.1 Å². The zero-order valence-corrected chi connectivity index (χ0v) is 25.6. The Morgan fingerprint density at radius 1 is 1.05 bits per heavy atom. The smallest absolute Gasteiger partial charge is 0.266 e. The number of H-pyrrole nitrogens is 1. The SMILES string of the molecule is Cc1cc(-c2cn[nH]c2)ccc1CN(C(=O)C1CCCN(c2cccc(OC(C)(C)C(=O)N3CCNCC3)c2)C1)C1CC1. The summed E-state index contributed by atoms with van der Waals surface area (Å²) in [4.78, 5) is 33.5.